The number of carbonyl (C=O) groups excluding carboxylic acids is 2. The predicted octanol–water partition coefficient (Wildman–Crippen LogP) is 1.53. The molecule has 2 aromatic heterocycles. The van der Waals surface area contributed by atoms with Gasteiger partial charge in [0.25, 0.3) is 0 Å². The largest absolute Gasteiger partial charge is 0.461 e. The first-order chi connectivity index (χ1) is 15.1. The fourth-order valence-electron chi connectivity index (χ4n) is 5.23. The topological polar surface area (TPSA) is 120 Å². The van der Waals surface area contributed by atoms with Crippen LogP contribution in [0.5, 0.6) is 0 Å². The molecule has 1 saturated heterocycles. The van der Waals surface area contributed by atoms with Gasteiger partial charge in [-0.2, -0.15) is 0 Å². The molecule has 5 rings (SSSR count). The summed E-state index contributed by atoms with van der Waals surface area (Å²) in [4.78, 5) is 39.7. The van der Waals surface area contributed by atoms with Gasteiger partial charge in [0.1, 0.15) is 23.9 Å². The van der Waals surface area contributed by atoms with Crippen molar-refractivity contribution in [2.24, 2.45) is 11.3 Å². The zero-order chi connectivity index (χ0) is 21.4. The van der Waals surface area contributed by atoms with Gasteiger partial charge < -0.3 is 25.0 Å². The number of nitrogens with zero attached hydrogens (tertiary/aromatic N) is 3. The van der Waals surface area contributed by atoms with E-state index in [1.807, 2.05) is 12.3 Å². The minimum atomic E-state index is -0.997. The number of piperidine rings is 1. The van der Waals surface area contributed by atoms with E-state index < -0.39 is 18.6 Å². The van der Waals surface area contributed by atoms with Crippen LogP contribution in [0.3, 0.4) is 0 Å². The van der Waals surface area contributed by atoms with Crippen molar-refractivity contribution in [3.8, 4) is 0 Å². The summed E-state index contributed by atoms with van der Waals surface area (Å²) in [5.74, 6) is 0.0281. The Balaban J connectivity index is 1.24. The number of carbonyl (C=O) groups is 2. The number of aromatic nitrogens is 3. The first-order valence-corrected chi connectivity index (χ1v) is 11.2. The van der Waals surface area contributed by atoms with Gasteiger partial charge in [0.2, 0.25) is 5.91 Å². The molecule has 0 radical (unpaired) electrons. The zero-order valence-electron chi connectivity index (χ0n) is 17.5. The van der Waals surface area contributed by atoms with Crippen LogP contribution in [0.15, 0.2) is 18.6 Å². The molecule has 1 amide bonds. The summed E-state index contributed by atoms with van der Waals surface area (Å²) in [6.45, 7) is 1.00. The molecule has 9 heteroatoms. The Morgan fingerprint density at radius 2 is 2.10 bits per heavy atom. The second-order valence-electron chi connectivity index (χ2n) is 9.15. The number of hydrogen-bond donors (Lipinski definition) is 3. The quantitative estimate of drug-likeness (QED) is 0.598. The molecule has 0 bridgehead atoms. The number of aliphatic hydroxyl groups is 1. The Morgan fingerprint density at radius 3 is 2.84 bits per heavy atom. The number of amides is 1. The molecule has 1 aliphatic heterocycles. The maximum Gasteiger partial charge on any atom is 0.331 e. The Bertz CT molecular complexity index is 966. The van der Waals surface area contributed by atoms with Crippen LogP contribution in [0.25, 0.3) is 11.0 Å². The lowest BCUT2D eigenvalue weighted by Crippen LogP contribution is -2.52. The van der Waals surface area contributed by atoms with Gasteiger partial charge in [-0.15, -0.1) is 0 Å². The minimum absolute atomic E-state index is 0.0883. The molecule has 0 unspecified atom stereocenters. The third-order valence-electron chi connectivity index (χ3n) is 7.14. The molecule has 2 atom stereocenters. The van der Waals surface area contributed by atoms with E-state index in [1.54, 1.807) is 6.33 Å². The smallest absolute Gasteiger partial charge is 0.331 e. The van der Waals surface area contributed by atoms with Gasteiger partial charge in [-0.3, -0.25) is 4.79 Å². The lowest BCUT2D eigenvalue weighted by Gasteiger charge is -2.39. The second-order valence-corrected chi connectivity index (χ2v) is 9.15. The molecule has 3 fully saturated rings. The van der Waals surface area contributed by atoms with Crippen LogP contribution in [0.2, 0.25) is 0 Å². The highest BCUT2D eigenvalue weighted by molar-refractivity contribution is 5.89. The molecule has 2 aliphatic carbocycles. The van der Waals surface area contributed by atoms with Crippen molar-refractivity contribution in [3.05, 3.63) is 18.6 Å². The molecule has 3 heterocycles. The van der Waals surface area contributed by atoms with Crippen LogP contribution in [0, 0.1) is 11.3 Å². The summed E-state index contributed by atoms with van der Waals surface area (Å²) < 4.78 is 5.49. The number of aromatic amines is 1. The van der Waals surface area contributed by atoms with Crippen LogP contribution in [-0.4, -0.2) is 63.8 Å². The summed E-state index contributed by atoms with van der Waals surface area (Å²) >= 11 is 0. The summed E-state index contributed by atoms with van der Waals surface area (Å²) in [5.41, 5.74) is 0.701. The maximum atomic E-state index is 13.1. The Kier molecular flexibility index (Phi) is 5.29. The lowest BCUT2D eigenvalue weighted by atomic mass is 9.81. The molecule has 3 aliphatic rings. The third-order valence-corrected chi connectivity index (χ3v) is 7.14. The van der Waals surface area contributed by atoms with Gasteiger partial charge in [0.05, 0.1) is 12.0 Å². The third kappa shape index (κ3) is 3.86. The van der Waals surface area contributed by atoms with Gasteiger partial charge in [-0.1, -0.05) is 0 Å². The highest BCUT2D eigenvalue weighted by atomic mass is 16.5. The number of aliphatic hydroxyl groups excluding tert-OH is 1. The van der Waals surface area contributed by atoms with Crippen molar-refractivity contribution in [1.82, 2.24) is 20.3 Å². The van der Waals surface area contributed by atoms with Crippen molar-refractivity contribution in [2.75, 3.05) is 24.6 Å². The number of ether oxygens (including phenoxy) is 1. The van der Waals surface area contributed by atoms with Crippen LogP contribution in [-0.2, 0) is 14.3 Å². The van der Waals surface area contributed by atoms with Crippen molar-refractivity contribution in [3.63, 3.8) is 0 Å². The molecule has 2 aromatic rings. The highest BCUT2D eigenvalue weighted by Crippen LogP contribution is 2.56. The van der Waals surface area contributed by atoms with Crippen molar-refractivity contribution < 1.29 is 19.4 Å². The number of fused-ring (bicyclic) bond motifs is 1. The Morgan fingerprint density at radius 1 is 1.29 bits per heavy atom. The zero-order valence-corrected chi connectivity index (χ0v) is 17.5. The van der Waals surface area contributed by atoms with E-state index in [1.165, 1.54) is 0 Å². The van der Waals surface area contributed by atoms with E-state index in [4.69, 9.17) is 4.74 Å². The molecule has 31 heavy (non-hydrogen) atoms. The van der Waals surface area contributed by atoms with Crippen LogP contribution in [0.4, 0.5) is 5.82 Å². The van der Waals surface area contributed by atoms with Crippen LogP contribution >= 0.6 is 0 Å². The minimum Gasteiger partial charge on any atom is -0.461 e. The van der Waals surface area contributed by atoms with Gasteiger partial charge >= 0.3 is 5.97 Å². The molecular weight excluding hydrogens is 398 g/mol. The van der Waals surface area contributed by atoms with Crippen LogP contribution < -0.4 is 10.2 Å². The highest BCUT2D eigenvalue weighted by Gasteiger charge is 2.55. The number of rotatable bonds is 6. The molecule has 0 aromatic carbocycles. The standard InChI is InChI=1S/C22H29N5O4/c28-11-17(21(30)31-14-3-1-2-4-14)26-20(29)16-6-10-27(12-22(16)7-8-22)19-15-5-9-23-18(15)24-13-25-19/h5,9,13-14,16-17,28H,1-4,6-8,10-12H2,(H,26,29)(H,23,24,25)/t16-,17-/m1/s1. The van der Waals surface area contributed by atoms with Crippen molar-refractivity contribution >= 4 is 28.7 Å². The van der Waals surface area contributed by atoms with E-state index in [0.29, 0.717) is 13.0 Å². The molecular formula is C22H29N5O4. The Labute approximate surface area is 180 Å². The lowest BCUT2D eigenvalue weighted by molar-refractivity contribution is -0.154. The fraction of sp³-hybridized carbons (Fsp3) is 0.636. The SMILES string of the molecule is O=C(N[C@H](CO)C(=O)OC1CCCC1)[C@H]1CCN(c2ncnc3[nH]ccc23)CC12CC2. The number of anilines is 1. The number of esters is 1. The molecule has 1 spiro atoms. The molecule has 2 saturated carbocycles. The van der Waals surface area contributed by atoms with Gasteiger partial charge in [0.15, 0.2) is 6.04 Å². The Hall–Kier alpha value is -2.68. The van der Waals surface area contributed by atoms with Gasteiger partial charge in [0, 0.05) is 25.2 Å². The average Bonchev–Trinajstić information content (AvgIpc) is 3.18. The first-order valence-electron chi connectivity index (χ1n) is 11.2. The van der Waals surface area contributed by atoms with E-state index in [0.717, 1.165) is 61.9 Å². The van der Waals surface area contributed by atoms with E-state index in [9.17, 15) is 14.7 Å². The average molecular weight is 428 g/mol. The van der Waals surface area contributed by atoms with Crippen molar-refractivity contribution in [2.45, 2.75) is 57.1 Å². The molecule has 3 N–H and O–H groups in total. The van der Waals surface area contributed by atoms with Crippen molar-refractivity contribution in [1.29, 1.82) is 0 Å². The number of H-pyrrole nitrogens is 1. The van der Waals surface area contributed by atoms with E-state index in [-0.39, 0.29) is 23.3 Å². The number of nitrogens with one attached hydrogen (secondary N) is 2. The normalized spacial score (nSPS) is 23.8. The summed E-state index contributed by atoms with van der Waals surface area (Å²) in [7, 11) is 0. The summed E-state index contributed by atoms with van der Waals surface area (Å²) in [5, 5.41) is 13.4. The first kappa shape index (κ1) is 20.2. The van der Waals surface area contributed by atoms with E-state index >= 15 is 0 Å². The fourth-order valence-corrected chi connectivity index (χ4v) is 5.23. The second kappa shape index (κ2) is 8.11. The maximum absolute atomic E-state index is 13.1. The summed E-state index contributed by atoms with van der Waals surface area (Å²) in [6, 6.07) is 0.980. The monoisotopic (exact) mass is 427 g/mol. The van der Waals surface area contributed by atoms with E-state index in [2.05, 4.69) is 25.2 Å². The molecule has 9 nitrogen and oxygen atoms in total. The summed E-state index contributed by atoms with van der Waals surface area (Å²) in [6.07, 6.45) is 9.77. The predicted molar refractivity (Wildman–Crippen MR) is 113 cm³/mol. The van der Waals surface area contributed by atoms with Gasteiger partial charge in [-0.05, 0) is 56.4 Å². The van der Waals surface area contributed by atoms with Gasteiger partial charge in [-0.25, -0.2) is 14.8 Å². The number of hydrogen-bond acceptors (Lipinski definition) is 7. The van der Waals surface area contributed by atoms with Crippen LogP contribution in [0.1, 0.15) is 44.9 Å². The molecule has 166 valence electrons.